The lowest BCUT2D eigenvalue weighted by atomic mass is 9.92. The van der Waals surface area contributed by atoms with Gasteiger partial charge in [-0.2, -0.15) is 0 Å². The second kappa shape index (κ2) is 8.45. The Labute approximate surface area is 150 Å². The fourth-order valence-corrected chi connectivity index (χ4v) is 5.05. The molecule has 24 heavy (non-hydrogen) atoms. The van der Waals surface area contributed by atoms with Crippen LogP contribution in [0.4, 0.5) is 0 Å². The number of amides is 1. The van der Waals surface area contributed by atoms with E-state index in [0.717, 1.165) is 44.9 Å². The van der Waals surface area contributed by atoms with Crippen molar-refractivity contribution in [1.29, 1.82) is 0 Å². The summed E-state index contributed by atoms with van der Waals surface area (Å²) in [5.74, 6) is 1.15. The smallest absolute Gasteiger partial charge is 0.240 e. The summed E-state index contributed by atoms with van der Waals surface area (Å²) in [5, 5.41) is 5.37. The molecular weight excluding hydrogens is 318 g/mol. The minimum absolute atomic E-state index is 0.0239. The minimum Gasteiger partial charge on any atom is -0.333 e. The number of thiophene rings is 1. The van der Waals surface area contributed by atoms with E-state index in [2.05, 4.69) is 39.6 Å². The van der Waals surface area contributed by atoms with Crippen molar-refractivity contribution in [2.45, 2.75) is 51.1 Å². The molecular formula is C19H31N3OS. The third-order valence-electron chi connectivity index (χ3n) is 5.76. The van der Waals surface area contributed by atoms with E-state index in [0.29, 0.717) is 11.9 Å². The highest BCUT2D eigenvalue weighted by molar-refractivity contribution is 7.10. The average Bonchev–Trinajstić information content (AvgIpc) is 3.29. The number of likely N-dealkylation sites (tertiary alicyclic amines) is 2. The van der Waals surface area contributed by atoms with Gasteiger partial charge in [-0.05, 0) is 83.1 Å². The topological polar surface area (TPSA) is 35.6 Å². The molecule has 0 aliphatic carbocycles. The van der Waals surface area contributed by atoms with Crippen LogP contribution in [0, 0.1) is 5.92 Å². The molecule has 5 heteroatoms. The number of rotatable bonds is 6. The maximum absolute atomic E-state index is 13.1. The standard InChI is InChI=1S/C19H31N3OS/c1-15(21-12-8-16(9-13-21)7-10-20-2)19(23)22-11-3-5-17(22)18-6-4-14-24-18/h4,6,14-17,20H,3,5,7-13H2,1-2H3. The summed E-state index contributed by atoms with van der Waals surface area (Å²) in [5.41, 5.74) is 0. The second-order valence-corrected chi connectivity index (χ2v) is 8.23. The summed E-state index contributed by atoms with van der Waals surface area (Å²) < 4.78 is 0. The third kappa shape index (κ3) is 4.01. The summed E-state index contributed by atoms with van der Waals surface area (Å²) >= 11 is 1.78. The lowest BCUT2D eigenvalue weighted by Gasteiger charge is -2.37. The normalized spacial score (nSPS) is 24.4. The minimum atomic E-state index is 0.0239. The third-order valence-corrected chi connectivity index (χ3v) is 6.74. The van der Waals surface area contributed by atoms with Gasteiger partial charge in [0.15, 0.2) is 0 Å². The van der Waals surface area contributed by atoms with Crippen LogP contribution in [0.1, 0.15) is 49.9 Å². The highest BCUT2D eigenvalue weighted by Gasteiger charge is 2.35. The molecule has 2 atom stereocenters. The van der Waals surface area contributed by atoms with Crippen molar-refractivity contribution in [2.75, 3.05) is 33.2 Å². The van der Waals surface area contributed by atoms with E-state index in [1.807, 2.05) is 7.05 Å². The first-order chi connectivity index (χ1) is 11.7. The van der Waals surface area contributed by atoms with Gasteiger partial charge in [0.1, 0.15) is 0 Å². The van der Waals surface area contributed by atoms with E-state index in [1.165, 1.54) is 24.1 Å². The first-order valence-electron chi connectivity index (χ1n) is 9.43. The lowest BCUT2D eigenvalue weighted by Crippen LogP contribution is -2.49. The van der Waals surface area contributed by atoms with Crippen LogP contribution in [0.25, 0.3) is 0 Å². The first kappa shape index (κ1) is 17.9. The van der Waals surface area contributed by atoms with Gasteiger partial charge in [0.05, 0.1) is 12.1 Å². The zero-order valence-corrected chi connectivity index (χ0v) is 15.9. The molecule has 2 saturated heterocycles. The Morgan fingerprint density at radius 2 is 2.12 bits per heavy atom. The highest BCUT2D eigenvalue weighted by Crippen LogP contribution is 2.35. The van der Waals surface area contributed by atoms with Crippen molar-refractivity contribution in [2.24, 2.45) is 5.92 Å². The quantitative estimate of drug-likeness (QED) is 0.857. The number of nitrogens with one attached hydrogen (secondary N) is 1. The summed E-state index contributed by atoms with van der Waals surface area (Å²) in [6.45, 7) is 6.28. The van der Waals surface area contributed by atoms with E-state index in [-0.39, 0.29) is 6.04 Å². The van der Waals surface area contributed by atoms with Gasteiger partial charge in [0.2, 0.25) is 5.91 Å². The Bertz CT molecular complexity index is 511. The Hall–Kier alpha value is -0.910. The van der Waals surface area contributed by atoms with Crippen molar-refractivity contribution in [3.8, 4) is 0 Å². The molecule has 3 rings (SSSR count). The van der Waals surface area contributed by atoms with E-state index >= 15 is 0 Å². The molecule has 0 saturated carbocycles. The maximum atomic E-state index is 13.1. The van der Waals surface area contributed by atoms with Gasteiger partial charge in [-0.25, -0.2) is 0 Å². The zero-order valence-electron chi connectivity index (χ0n) is 15.0. The van der Waals surface area contributed by atoms with Crippen molar-refractivity contribution >= 4 is 17.2 Å². The summed E-state index contributed by atoms with van der Waals surface area (Å²) in [4.78, 5) is 19.0. The Kier molecular flexibility index (Phi) is 6.31. The van der Waals surface area contributed by atoms with Crippen molar-refractivity contribution in [1.82, 2.24) is 15.1 Å². The molecule has 3 heterocycles. The molecule has 134 valence electrons. The van der Waals surface area contributed by atoms with E-state index in [1.54, 1.807) is 11.3 Å². The van der Waals surface area contributed by atoms with Crippen LogP contribution in [0.5, 0.6) is 0 Å². The Balaban J connectivity index is 1.55. The molecule has 0 radical (unpaired) electrons. The molecule has 1 amide bonds. The number of carbonyl (C=O) groups is 1. The van der Waals surface area contributed by atoms with Crippen LogP contribution < -0.4 is 5.32 Å². The first-order valence-corrected chi connectivity index (χ1v) is 10.3. The maximum Gasteiger partial charge on any atom is 0.240 e. The van der Waals surface area contributed by atoms with E-state index < -0.39 is 0 Å². The zero-order chi connectivity index (χ0) is 16.9. The molecule has 0 bridgehead atoms. The molecule has 2 unspecified atom stereocenters. The Morgan fingerprint density at radius 1 is 1.33 bits per heavy atom. The van der Waals surface area contributed by atoms with Crippen LogP contribution in [0.3, 0.4) is 0 Å². The monoisotopic (exact) mass is 349 g/mol. The van der Waals surface area contributed by atoms with E-state index in [9.17, 15) is 4.79 Å². The SMILES string of the molecule is CNCCC1CCN(C(C)C(=O)N2CCCC2c2cccs2)CC1. The fourth-order valence-electron chi connectivity index (χ4n) is 4.18. The van der Waals surface area contributed by atoms with Crippen molar-refractivity contribution in [3.05, 3.63) is 22.4 Å². The van der Waals surface area contributed by atoms with Crippen LogP contribution in [-0.2, 0) is 4.79 Å². The van der Waals surface area contributed by atoms with Gasteiger partial charge >= 0.3 is 0 Å². The van der Waals surface area contributed by atoms with Crippen molar-refractivity contribution in [3.63, 3.8) is 0 Å². The van der Waals surface area contributed by atoms with Gasteiger partial charge < -0.3 is 10.2 Å². The van der Waals surface area contributed by atoms with Gasteiger partial charge in [-0.15, -0.1) is 11.3 Å². The van der Waals surface area contributed by atoms with Gasteiger partial charge in [-0.1, -0.05) is 6.07 Å². The van der Waals surface area contributed by atoms with Crippen LogP contribution in [0.15, 0.2) is 17.5 Å². The molecule has 0 spiro atoms. The second-order valence-electron chi connectivity index (χ2n) is 7.25. The molecule has 1 aromatic rings. The van der Waals surface area contributed by atoms with Crippen molar-refractivity contribution < 1.29 is 4.79 Å². The highest BCUT2D eigenvalue weighted by atomic mass is 32.1. The van der Waals surface area contributed by atoms with Crippen LogP contribution in [0.2, 0.25) is 0 Å². The van der Waals surface area contributed by atoms with E-state index in [4.69, 9.17) is 0 Å². The molecule has 2 aliphatic rings. The Morgan fingerprint density at radius 3 is 2.79 bits per heavy atom. The lowest BCUT2D eigenvalue weighted by molar-refractivity contribution is -0.138. The predicted octanol–water partition coefficient (Wildman–Crippen LogP) is 3.12. The summed E-state index contributed by atoms with van der Waals surface area (Å²) in [7, 11) is 2.02. The molecule has 1 N–H and O–H groups in total. The van der Waals surface area contributed by atoms with Gasteiger partial charge in [0.25, 0.3) is 0 Å². The number of carbonyl (C=O) groups excluding carboxylic acids is 1. The summed E-state index contributed by atoms with van der Waals surface area (Å²) in [6, 6.07) is 4.61. The largest absolute Gasteiger partial charge is 0.333 e. The number of hydrogen-bond acceptors (Lipinski definition) is 4. The molecule has 1 aromatic heterocycles. The van der Waals surface area contributed by atoms with Gasteiger partial charge in [0, 0.05) is 11.4 Å². The average molecular weight is 350 g/mol. The summed E-state index contributed by atoms with van der Waals surface area (Å²) in [6.07, 6.45) is 5.97. The van der Waals surface area contributed by atoms with Crippen LogP contribution in [-0.4, -0.2) is 55.0 Å². The molecule has 2 aliphatic heterocycles. The predicted molar refractivity (Wildman–Crippen MR) is 100 cm³/mol. The molecule has 4 nitrogen and oxygen atoms in total. The fraction of sp³-hybridized carbons (Fsp3) is 0.737. The molecule has 0 aromatic carbocycles. The number of nitrogens with zero attached hydrogens (tertiary/aromatic N) is 2. The number of hydrogen-bond donors (Lipinski definition) is 1. The van der Waals surface area contributed by atoms with Gasteiger partial charge in [-0.3, -0.25) is 9.69 Å². The number of piperidine rings is 1. The van der Waals surface area contributed by atoms with Crippen LogP contribution >= 0.6 is 11.3 Å². The molecule has 2 fully saturated rings.